The first-order chi connectivity index (χ1) is 12.7. The lowest BCUT2D eigenvalue weighted by Crippen LogP contribution is -2.25. The Bertz CT molecular complexity index is 777. The second kappa shape index (κ2) is 8.58. The minimum atomic E-state index is -0.460. The molecule has 27 heavy (non-hydrogen) atoms. The number of methoxy groups -OCH3 is 1. The third kappa shape index (κ3) is 5.74. The standard InChI is InChI=1S/C21H26N2O4/c1-21(2,3)15-6-12-18(13-7-15)27-14-19(24)22-16-8-10-17(11-9-16)23(4)20(25)26-5/h6-13H,14H2,1-5H3,(H,22,24). The molecule has 6 nitrogen and oxygen atoms in total. The van der Waals surface area contributed by atoms with Crippen LogP contribution in [0.4, 0.5) is 16.2 Å². The van der Waals surface area contributed by atoms with E-state index in [1.807, 2.05) is 24.3 Å². The van der Waals surface area contributed by atoms with Crippen molar-refractivity contribution >= 4 is 23.4 Å². The molecule has 0 aliphatic heterocycles. The number of hydrogen-bond donors (Lipinski definition) is 1. The zero-order valence-corrected chi connectivity index (χ0v) is 16.4. The van der Waals surface area contributed by atoms with Crippen LogP contribution in [0.2, 0.25) is 0 Å². The minimum Gasteiger partial charge on any atom is -0.484 e. The maximum absolute atomic E-state index is 12.1. The summed E-state index contributed by atoms with van der Waals surface area (Å²) in [7, 11) is 2.93. The number of nitrogens with one attached hydrogen (secondary N) is 1. The SMILES string of the molecule is COC(=O)N(C)c1ccc(NC(=O)COc2ccc(C(C)(C)C)cc2)cc1. The molecule has 0 fully saturated rings. The van der Waals surface area contributed by atoms with E-state index in [-0.39, 0.29) is 17.9 Å². The Hall–Kier alpha value is -3.02. The molecule has 6 heteroatoms. The highest BCUT2D eigenvalue weighted by Gasteiger charge is 2.13. The summed E-state index contributed by atoms with van der Waals surface area (Å²) in [6.07, 6.45) is -0.460. The van der Waals surface area contributed by atoms with Gasteiger partial charge in [-0.3, -0.25) is 9.69 Å². The van der Waals surface area contributed by atoms with E-state index < -0.39 is 6.09 Å². The molecule has 0 aliphatic carbocycles. The van der Waals surface area contributed by atoms with Gasteiger partial charge in [-0.25, -0.2) is 4.79 Å². The van der Waals surface area contributed by atoms with Crippen LogP contribution in [0.25, 0.3) is 0 Å². The summed E-state index contributed by atoms with van der Waals surface area (Å²) in [5.74, 6) is 0.386. The van der Waals surface area contributed by atoms with Gasteiger partial charge in [-0.05, 0) is 47.4 Å². The van der Waals surface area contributed by atoms with Crippen LogP contribution in [0.5, 0.6) is 5.75 Å². The van der Waals surface area contributed by atoms with Crippen molar-refractivity contribution in [3.05, 3.63) is 54.1 Å². The van der Waals surface area contributed by atoms with E-state index in [1.54, 1.807) is 31.3 Å². The lowest BCUT2D eigenvalue weighted by Gasteiger charge is -2.19. The second-order valence-electron chi connectivity index (χ2n) is 7.19. The van der Waals surface area contributed by atoms with Gasteiger partial charge in [0.25, 0.3) is 5.91 Å². The molecule has 0 radical (unpaired) electrons. The molecular formula is C21H26N2O4. The fourth-order valence-electron chi connectivity index (χ4n) is 2.41. The molecule has 0 aromatic heterocycles. The zero-order chi connectivity index (χ0) is 20.0. The van der Waals surface area contributed by atoms with E-state index in [4.69, 9.17) is 4.74 Å². The molecule has 2 aromatic carbocycles. The molecule has 0 atom stereocenters. The molecule has 0 unspecified atom stereocenters. The Morgan fingerprint density at radius 2 is 1.59 bits per heavy atom. The van der Waals surface area contributed by atoms with E-state index in [1.165, 1.54) is 17.6 Å². The number of anilines is 2. The number of hydrogen-bond acceptors (Lipinski definition) is 4. The predicted octanol–water partition coefficient (Wildman–Crippen LogP) is 4.20. The highest BCUT2D eigenvalue weighted by Crippen LogP contribution is 2.24. The van der Waals surface area contributed by atoms with Crippen molar-refractivity contribution in [3.63, 3.8) is 0 Å². The average molecular weight is 370 g/mol. The zero-order valence-electron chi connectivity index (χ0n) is 16.4. The van der Waals surface area contributed by atoms with Crippen LogP contribution in [-0.2, 0) is 14.9 Å². The van der Waals surface area contributed by atoms with Crippen LogP contribution in [-0.4, -0.2) is 32.8 Å². The largest absolute Gasteiger partial charge is 0.484 e. The molecule has 2 aromatic rings. The maximum Gasteiger partial charge on any atom is 0.413 e. The van der Waals surface area contributed by atoms with Crippen molar-refractivity contribution in [1.82, 2.24) is 0 Å². The highest BCUT2D eigenvalue weighted by atomic mass is 16.5. The Kier molecular flexibility index (Phi) is 6.45. The third-order valence-electron chi connectivity index (χ3n) is 4.08. The molecule has 0 saturated heterocycles. The van der Waals surface area contributed by atoms with Crippen LogP contribution in [0.3, 0.4) is 0 Å². The number of nitrogens with zero attached hydrogens (tertiary/aromatic N) is 1. The molecule has 0 saturated carbocycles. The van der Waals surface area contributed by atoms with Gasteiger partial charge in [-0.2, -0.15) is 0 Å². The molecule has 0 aliphatic rings. The first kappa shape index (κ1) is 20.3. The first-order valence-electron chi connectivity index (χ1n) is 8.65. The normalized spacial score (nSPS) is 10.9. The number of benzene rings is 2. The fraction of sp³-hybridized carbons (Fsp3) is 0.333. The van der Waals surface area contributed by atoms with Crippen molar-refractivity contribution in [2.75, 3.05) is 31.0 Å². The molecular weight excluding hydrogens is 344 g/mol. The van der Waals surface area contributed by atoms with Crippen LogP contribution < -0.4 is 15.0 Å². The van der Waals surface area contributed by atoms with Gasteiger partial charge < -0.3 is 14.8 Å². The van der Waals surface area contributed by atoms with E-state index in [2.05, 4.69) is 30.8 Å². The molecule has 1 N–H and O–H groups in total. The summed E-state index contributed by atoms with van der Waals surface area (Å²) in [4.78, 5) is 24.9. The Labute approximate surface area is 160 Å². The summed E-state index contributed by atoms with van der Waals surface area (Å²) in [6, 6.07) is 14.6. The van der Waals surface area contributed by atoms with Crippen LogP contribution in [0, 0.1) is 0 Å². The Morgan fingerprint density at radius 1 is 1.00 bits per heavy atom. The van der Waals surface area contributed by atoms with Gasteiger partial charge in [0.1, 0.15) is 5.75 Å². The number of amides is 2. The summed E-state index contributed by atoms with van der Waals surface area (Å²) in [6.45, 7) is 6.35. The topological polar surface area (TPSA) is 67.9 Å². The number of rotatable bonds is 5. The average Bonchev–Trinajstić information content (AvgIpc) is 2.65. The highest BCUT2D eigenvalue weighted by molar-refractivity contribution is 5.92. The van der Waals surface area contributed by atoms with E-state index in [0.717, 1.165) is 0 Å². The summed E-state index contributed by atoms with van der Waals surface area (Å²) in [5, 5.41) is 2.76. The molecule has 144 valence electrons. The fourth-order valence-corrected chi connectivity index (χ4v) is 2.41. The molecule has 0 bridgehead atoms. The lowest BCUT2D eigenvalue weighted by molar-refractivity contribution is -0.118. The van der Waals surface area contributed by atoms with Gasteiger partial charge in [0, 0.05) is 18.4 Å². The first-order valence-corrected chi connectivity index (χ1v) is 8.65. The van der Waals surface area contributed by atoms with Crippen molar-refractivity contribution in [2.45, 2.75) is 26.2 Å². The Balaban J connectivity index is 1.88. The summed E-state index contributed by atoms with van der Waals surface area (Å²) >= 11 is 0. The third-order valence-corrected chi connectivity index (χ3v) is 4.08. The number of carbonyl (C=O) groups is 2. The van der Waals surface area contributed by atoms with Crippen molar-refractivity contribution in [3.8, 4) is 5.75 Å². The van der Waals surface area contributed by atoms with Gasteiger partial charge in [0.15, 0.2) is 6.61 Å². The lowest BCUT2D eigenvalue weighted by atomic mass is 9.87. The van der Waals surface area contributed by atoms with E-state index in [9.17, 15) is 9.59 Å². The monoisotopic (exact) mass is 370 g/mol. The number of ether oxygens (including phenoxy) is 2. The van der Waals surface area contributed by atoms with Crippen molar-refractivity contribution in [2.24, 2.45) is 0 Å². The van der Waals surface area contributed by atoms with Gasteiger partial charge in [0.2, 0.25) is 0 Å². The van der Waals surface area contributed by atoms with Crippen LogP contribution in [0.1, 0.15) is 26.3 Å². The van der Waals surface area contributed by atoms with E-state index >= 15 is 0 Å². The predicted molar refractivity (Wildman–Crippen MR) is 107 cm³/mol. The quantitative estimate of drug-likeness (QED) is 0.856. The Morgan fingerprint density at radius 3 is 2.11 bits per heavy atom. The summed E-state index contributed by atoms with van der Waals surface area (Å²) in [5.41, 5.74) is 2.56. The van der Waals surface area contributed by atoms with Crippen molar-refractivity contribution < 1.29 is 19.1 Å². The molecule has 0 spiro atoms. The smallest absolute Gasteiger partial charge is 0.413 e. The van der Waals surface area contributed by atoms with Crippen molar-refractivity contribution in [1.29, 1.82) is 0 Å². The second-order valence-corrected chi connectivity index (χ2v) is 7.19. The van der Waals surface area contributed by atoms with E-state index in [0.29, 0.717) is 17.1 Å². The minimum absolute atomic E-state index is 0.0734. The molecule has 2 amide bonds. The van der Waals surface area contributed by atoms with Gasteiger partial charge >= 0.3 is 6.09 Å². The molecule has 2 rings (SSSR count). The van der Waals surface area contributed by atoms with Gasteiger partial charge in [0.05, 0.1) is 7.11 Å². The van der Waals surface area contributed by atoms with Gasteiger partial charge in [-0.1, -0.05) is 32.9 Å². The number of carbonyl (C=O) groups excluding carboxylic acids is 2. The molecule has 0 heterocycles. The van der Waals surface area contributed by atoms with Crippen LogP contribution >= 0.6 is 0 Å². The van der Waals surface area contributed by atoms with Gasteiger partial charge in [-0.15, -0.1) is 0 Å². The maximum atomic E-state index is 12.1. The summed E-state index contributed by atoms with van der Waals surface area (Å²) < 4.78 is 10.2. The van der Waals surface area contributed by atoms with Crippen LogP contribution in [0.15, 0.2) is 48.5 Å².